The van der Waals surface area contributed by atoms with Gasteiger partial charge in [0.1, 0.15) is 0 Å². The maximum atomic E-state index is 6.30. The smallest absolute Gasteiger partial charge is 0.163 e. The summed E-state index contributed by atoms with van der Waals surface area (Å²) in [6, 6.07) is 0. The lowest BCUT2D eigenvalue weighted by Crippen LogP contribution is -2.26. The molecule has 126 valence electrons. The molecule has 0 N–H and O–H groups in total. The van der Waals surface area contributed by atoms with E-state index in [-0.39, 0.29) is 5.79 Å². The molecule has 5 aliphatic rings. The zero-order valence-electron chi connectivity index (χ0n) is 14.9. The first-order chi connectivity index (χ1) is 11.0. The fraction of sp³-hybridized carbons (Fsp3) is 0.810. The van der Waals surface area contributed by atoms with Crippen LogP contribution in [0.3, 0.4) is 0 Å². The van der Waals surface area contributed by atoms with Gasteiger partial charge in [-0.2, -0.15) is 0 Å². The van der Waals surface area contributed by atoms with Crippen molar-refractivity contribution in [3.8, 4) is 0 Å². The summed E-state index contributed by atoms with van der Waals surface area (Å²) >= 11 is 0. The van der Waals surface area contributed by atoms with Crippen LogP contribution < -0.4 is 0 Å². The van der Waals surface area contributed by atoms with Crippen molar-refractivity contribution in [3.05, 3.63) is 23.3 Å². The largest absolute Gasteiger partial charge is 0.345 e. The molecule has 5 rings (SSSR count). The highest BCUT2D eigenvalue weighted by molar-refractivity contribution is 5.38. The molecule has 0 unspecified atom stereocenters. The molecule has 8 atom stereocenters. The topological polar surface area (TPSA) is 18.5 Å². The number of ether oxygens (including phenoxy) is 2. The first-order valence-electron chi connectivity index (χ1n) is 9.75. The first-order valence-corrected chi connectivity index (χ1v) is 9.75. The first kappa shape index (κ1) is 14.7. The van der Waals surface area contributed by atoms with E-state index in [1.807, 2.05) is 0 Å². The molecule has 0 spiro atoms. The Morgan fingerprint density at radius 3 is 2.52 bits per heavy atom. The van der Waals surface area contributed by atoms with E-state index in [1.165, 1.54) is 25.7 Å². The number of hydrogen-bond acceptors (Lipinski definition) is 2. The number of rotatable bonds is 1. The average Bonchev–Trinajstić information content (AvgIpc) is 3.15. The van der Waals surface area contributed by atoms with E-state index in [0.717, 1.165) is 29.6 Å². The monoisotopic (exact) mass is 314 g/mol. The summed E-state index contributed by atoms with van der Waals surface area (Å²) < 4.78 is 12.5. The molecule has 1 saturated heterocycles. The van der Waals surface area contributed by atoms with Crippen LogP contribution in [0.2, 0.25) is 0 Å². The highest BCUT2D eigenvalue weighted by Gasteiger charge is 2.59. The Morgan fingerprint density at radius 2 is 1.74 bits per heavy atom. The third-order valence-electron chi connectivity index (χ3n) is 7.59. The van der Waals surface area contributed by atoms with Crippen LogP contribution in [0.4, 0.5) is 0 Å². The minimum Gasteiger partial charge on any atom is -0.345 e. The van der Waals surface area contributed by atoms with Gasteiger partial charge in [-0.1, -0.05) is 37.1 Å². The van der Waals surface area contributed by atoms with Crippen molar-refractivity contribution in [2.45, 2.75) is 71.4 Å². The Bertz CT molecular complexity index is 587. The van der Waals surface area contributed by atoms with Crippen LogP contribution in [-0.4, -0.2) is 18.0 Å². The maximum absolute atomic E-state index is 6.30. The maximum Gasteiger partial charge on any atom is 0.163 e. The normalized spacial score (nSPS) is 52.5. The second kappa shape index (κ2) is 4.73. The Kier molecular flexibility index (Phi) is 3.03. The molecule has 0 radical (unpaired) electrons. The summed E-state index contributed by atoms with van der Waals surface area (Å²) in [6.45, 7) is 8.98. The van der Waals surface area contributed by atoms with Gasteiger partial charge < -0.3 is 9.47 Å². The van der Waals surface area contributed by atoms with Gasteiger partial charge in [-0.05, 0) is 75.0 Å². The van der Waals surface area contributed by atoms with Gasteiger partial charge in [0.15, 0.2) is 5.79 Å². The van der Waals surface area contributed by atoms with Crippen molar-refractivity contribution >= 4 is 0 Å². The lowest BCUT2D eigenvalue weighted by Gasteiger charge is -2.29. The van der Waals surface area contributed by atoms with E-state index in [9.17, 15) is 0 Å². The second-order valence-corrected chi connectivity index (χ2v) is 9.15. The lowest BCUT2D eigenvalue weighted by atomic mass is 9.76. The minimum absolute atomic E-state index is 0.332. The predicted molar refractivity (Wildman–Crippen MR) is 90.7 cm³/mol. The van der Waals surface area contributed by atoms with E-state index < -0.39 is 0 Å². The van der Waals surface area contributed by atoms with Crippen molar-refractivity contribution in [2.24, 2.45) is 35.5 Å². The second-order valence-electron chi connectivity index (χ2n) is 9.15. The molecule has 1 aliphatic heterocycles. The zero-order chi connectivity index (χ0) is 15.9. The van der Waals surface area contributed by atoms with Gasteiger partial charge in [0.25, 0.3) is 0 Å². The average molecular weight is 314 g/mol. The predicted octanol–water partition coefficient (Wildman–Crippen LogP) is 4.71. The SMILES string of the molecule is CC[C@H]1C2=CC=C3[C@H]4C[C@@H]5OC(C)(C)O[C@@H]5[C@H]4C[C@@H]3[C@H]2C[C@H]1C. The van der Waals surface area contributed by atoms with E-state index in [1.54, 1.807) is 11.1 Å². The summed E-state index contributed by atoms with van der Waals surface area (Å²) in [6.07, 6.45) is 10.9. The van der Waals surface area contributed by atoms with E-state index in [4.69, 9.17) is 9.47 Å². The van der Waals surface area contributed by atoms with Crippen LogP contribution in [0, 0.1) is 35.5 Å². The fourth-order valence-corrected chi connectivity index (χ4v) is 6.87. The van der Waals surface area contributed by atoms with Gasteiger partial charge in [0.2, 0.25) is 0 Å². The van der Waals surface area contributed by atoms with Gasteiger partial charge >= 0.3 is 0 Å². The van der Waals surface area contributed by atoms with E-state index in [0.29, 0.717) is 18.1 Å². The van der Waals surface area contributed by atoms with Crippen molar-refractivity contribution in [1.29, 1.82) is 0 Å². The highest BCUT2D eigenvalue weighted by Crippen LogP contribution is 2.62. The molecule has 3 saturated carbocycles. The molecular formula is C21H30O2. The summed E-state index contributed by atoms with van der Waals surface area (Å²) in [5, 5.41) is 0. The Labute approximate surface area is 140 Å². The molecule has 0 aromatic carbocycles. The van der Waals surface area contributed by atoms with Crippen molar-refractivity contribution < 1.29 is 9.47 Å². The molecule has 2 heteroatoms. The van der Waals surface area contributed by atoms with Crippen molar-refractivity contribution in [2.75, 3.05) is 0 Å². The number of hydrogen-bond donors (Lipinski definition) is 0. The van der Waals surface area contributed by atoms with Crippen LogP contribution >= 0.6 is 0 Å². The Morgan fingerprint density at radius 1 is 1.00 bits per heavy atom. The summed E-state index contributed by atoms with van der Waals surface area (Å²) in [7, 11) is 0. The minimum atomic E-state index is -0.374. The van der Waals surface area contributed by atoms with Gasteiger partial charge in [0.05, 0.1) is 12.2 Å². The third kappa shape index (κ3) is 1.94. The van der Waals surface area contributed by atoms with Crippen molar-refractivity contribution in [1.82, 2.24) is 0 Å². The molecule has 1 heterocycles. The summed E-state index contributed by atoms with van der Waals surface area (Å²) in [5.41, 5.74) is 3.52. The van der Waals surface area contributed by atoms with Gasteiger partial charge in [-0.15, -0.1) is 0 Å². The molecule has 4 aliphatic carbocycles. The molecule has 0 amide bonds. The molecule has 4 fully saturated rings. The van der Waals surface area contributed by atoms with Crippen LogP contribution in [0.15, 0.2) is 23.3 Å². The van der Waals surface area contributed by atoms with Crippen LogP contribution in [0.25, 0.3) is 0 Å². The fourth-order valence-electron chi connectivity index (χ4n) is 6.87. The summed E-state index contributed by atoms with van der Waals surface area (Å²) in [4.78, 5) is 0. The van der Waals surface area contributed by atoms with Gasteiger partial charge in [0, 0.05) is 0 Å². The van der Waals surface area contributed by atoms with Gasteiger partial charge in [-0.3, -0.25) is 0 Å². The van der Waals surface area contributed by atoms with E-state index >= 15 is 0 Å². The number of fused-ring (bicyclic) bond motifs is 7. The molecule has 0 aromatic heterocycles. The molecule has 0 bridgehead atoms. The third-order valence-corrected chi connectivity index (χ3v) is 7.59. The summed E-state index contributed by atoms with van der Waals surface area (Å²) in [5.74, 6) is 4.37. The number of allylic oxidation sites excluding steroid dienone is 4. The molecule has 0 aromatic rings. The molecule has 23 heavy (non-hydrogen) atoms. The Balaban J connectivity index is 1.43. The van der Waals surface area contributed by atoms with Gasteiger partial charge in [-0.25, -0.2) is 0 Å². The Hall–Kier alpha value is -0.600. The quantitative estimate of drug-likeness (QED) is 0.698. The zero-order valence-corrected chi connectivity index (χ0v) is 14.9. The highest BCUT2D eigenvalue weighted by atomic mass is 16.8. The van der Waals surface area contributed by atoms with Crippen LogP contribution in [0.5, 0.6) is 0 Å². The lowest BCUT2D eigenvalue weighted by molar-refractivity contribution is -0.158. The van der Waals surface area contributed by atoms with Crippen LogP contribution in [-0.2, 0) is 9.47 Å². The standard InChI is InChI=1S/C21H30O2/c1-5-12-11(2)8-15-13(12)6-7-14-16(15)9-18-17(14)10-19-20(18)23-21(3,4)22-19/h6-7,11-12,15-20H,5,8-10H2,1-4H3/t11-,12-,15+,16+,17-,18+,19+,20-/m1/s1. The van der Waals surface area contributed by atoms with Crippen LogP contribution in [0.1, 0.15) is 53.4 Å². The van der Waals surface area contributed by atoms with E-state index in [2.05, 4.69) is 39.8 Å². The van der Waals surface area contributed by atoms with Crippen molar-refractivity contribution in [3.63, 3.8) is 0 Å². The molecule has 2 nitrogen and oxygen atoms in total. The molecular weight excluding hydrogens is 284 g/mol.